The Morgan fingerprint density at radius 1 is 1.07 bits per heavy atom. The van der Waals surface area contributed by atoms with Gasteiger partial charge in [0.05, 0.1) is 0 Å². The molecule has 7 N–H and O–H groups in total. The molecule has 0 aliphatic carbocycles. The zero-order valence-electron chi connectivity index (χ0n) is 6.44. The summed E-state index contributed by atoms with van der Waals surface area (Å²) in [5, 5.41) is 5.71. The fourth-order valence-electron chi connectivity index (χ4n) is 0.655. The molecule has 82 valence electrons. The van der Waals surface area contributed by atoms with Crippen LogP contribution in [0.4, 0.5) is 0 Å². The van der Waals surface area contributed by atoms with Crippen molar-refractivity contribution in [2.24, 2.45) is 5.73 Å². The summed E-state index contributed by atoms with van der Waals surface area (Å²) in [5.74, 6) is 0. The molecule has 0 saturated carbocycles. The van der Waals surface area contributed by atoms with Gasteiger partial charge in [-0.1, -0.05) is 0 Å². The van der Waals surface area contributed by atoms with Crippen LogP contribution in [0, 0.1) is 0 Å². The van der Waals surface area contributed by atoms with Crippen molar-refractivity contribution in [2.75, 3.05) is 6.54 Å². The monoisotopic (exact) mass is 259 g/mol. The number of rotatable bonds is 4. The van der Waals surface area contributed by atoms with Crippen LogP contribution in [0.2, 0.25) is 0 Å². The maximum absolute atomic E-state index is 10.6. The molecule has 0 heterocycles. The van der Waals surface area contributed by atoms with Crippen molar-refractivity contribution in [2.45, 2.75) is 11.5 Å². The molecular formula is C3H12NNaO7P2. The van der Waals surface area contributed by atoms with Gasteiger partial charge in [-0.2, -0.15) is 0 Å². The molecule has 0 aromatic rings. The molecule has 8 nitrogen and oxygen atoms in total. The van der Waals surface area contributed by atoms with E-state index in [-0.39, 0.29) is 29.6 Å². The summed E-state index contributed by atoms with van der Waals surface area (Å²) in [4.78, 5) is 34.1. The van der Waals surface area contributed by atoms with Crippen LogP contribution in [0.5, 0.6) is 0 Å². The van der Waals surface area contributed by atoms with Crippen molar-refractivity contribution in [1.29, 1.82) is 0 Å². The standard InChI is InChI=1S/C3H11NO7P2.Na.H/c4-2-1-3(5,12(6,7)8)13(9,10)11;;/h5H,1-2,4H2,(H2,6,7,8)(H2,9,10,11);;. The van der Waals surface area contributed by atoms with Gasteiger partial charge in [-0.25, -0.2) is 0 Å². The predicted molar refractivity (Wildman–Crippen MR) is 49.9 cm³/mol. The van der Waals surface area contributed by atoms with Crippen LogP contribution in [0.3, 0.4) is 0 Å². The van der Waals surface area contributed by atoms with Crippen molar-refractivity contribution < 1.29 is 33.8 Å². The Labute approximate surface area is 102 Å². The second-order valence-electron chi connectivity index (χ2n) is 2.40. The van der Waals surface area contributed by atoms with E-state index in [9.17, 15) is 9.13 Å². The van der Waals surface area contributed by atoms with Crippen LogP contribution in [0.25, 0.3) is 0 Å². The molecule has 14 heavy (non-hydrogen) atoms. The summed E-state index contributed by atoms with van der Waals surface area (Å²) in [6.07, 6.45) is -0.873. The van der Waals surface area contributed by atoms with E-state index in [0.29, 0.717) is 0 Å². The first-order valence-corrected chi connectivity index (χ1v) is 6.32. The molecule has 0 aliphatic rings. The number of hydrogen-bond donors (Lipinski definition) is 6. The minimum atomic E-state index is -5.31. The van der Waals surface area contributed by atoms with Crippen LogP contribution in [-0.2, 0) is 9.13 Å². The van der Waals surface area contributed by atoms with Gasteiger partial charge in [-0.15, -0.1) is 0 Å². The molecule has 0 atom stereocenters. The molecule has 11 heteroatoms. The van der Waals surface area contributed by atoms with E-state index in [2.05, 4.69) is 0 Å². The number of nitrogens with two attached hydrogens (primary N) is 1. The van der Waals surface area contributed by atoms with Gasteiger partial charge in [0, 0.05) is 6.42 Å². The zero-order chi connectivity index (χ0) is 10.9. The van der Waals surface area contributed by atoms with Crippen LogP contribution < -0.4 is 5.73 Å². The van der Waals surface area contributed by atoms with E-state index < -0.39 is 33.2 Å². The van der Waals surface area contributed by atoms with Crippen LogP contribution in [0.15, 0.2) is 0 Å². The Morgan fingerprint density at radius 2 is 1.36 bits per heavy atom. The second kappa shape index (κ2) is 5.52. The molecule has 0 rings (SSSR count). The first kappa shape index (κ1) is 17.6. The number of hydrogen-bond acceptors (Lipinski definition) is 4. The summed E-state index contributed by atoms with van der Waals surface area (Å²) in [7, 11) is -10.6. The van der Waals surface area contributed by atoms with Gasteiger partial charge >= 0.3 is 44.7 Å². The zero-order valence-corrected chi connectivity index (χ0v) is 8.23. The topological polar surface area (TPSA) is 161 Å². The molecule has 0 unspecified atom stereocenters. The number of aliphatic hydroxyl groups is 1. The molecule has 0 bridgehead atoms. The Morgan fingerprint density at radius 3 is 1.43 bits per heavy atom. The third-order valence-electron chi connectivity index (χ3n) is 1.41. The van der Waals surface area contributed by atoms with Gasteiger partial charge in [0.15, 0.2) is 0 Å². The van der Waals surface area contributed by atoms with Crippen molar-refractivity contribution in [1.82, 2.24) is 0 Å². The van der Waals surface area contributed by atoms with Crippen LogP contribution in [0.1, 0.15) is 6.42 Å². The van der Waals surface area contributed by atoms with E-state index in [0.717, 1.165) is 0 Å². The third-order valence-corrected chi connectivity index (χ3v) is 5.29. The summed E-state index contributed by atoms with van der Waals surface area (Å²) in [6, 6.07) is 0. The molecule has 0 radical (unpaired) electrons. The summed E-state index contributed by atoms with van der Waals surface area (Å²) in [5.41, 5.74) is 4.86. The molecular weight excluding hydrogens is 247 g/mol. The first-order chi connectivity index (χ1) is 5.56. The van der Waals surface area contributed by atoms with E-state index in [1.807, 2.05) is 0 Å². The van der Waals surface area contributed by atoms with Gasteiger partial charge in [0.25, 0.3) is 5.08 Å². The maximum atomic E-state index is 10.6. The van der Waals surface area contributed by atoms with Gasteiger partial charge < -0.3 is 30.4 Å². The Kier molecular flexibility index (Phi) is 6.94. The van der Waals surface area contributed by atoms with Crippen molar-refractivity contribution in [3.8, 4) is 0 Å². The van der Waals surface area contributed by atoms with Gasteiger partial charge in [0.1, 0.15) is 0 Å². The molecule has 0 amide bonds. The SMILES string of the molecule is NCCC(O)(P(=O)(O)O)P(=O)(O)O.[NaH]. The fourth-order valence-corrected chi connectivity index (χ4v) is 2.85. The molecule has 0 aromatic carbocycles. The fraction of sp³-hybridized carbons (Fsp3) is 1.00. The normalized spacial score (nSPS) is 13.6. The molecule has 0 fully saturated rings. The Hall–Kier alpha value is 1.22. The van der Waals surface area contributed by atoms with Gasteiger partial charge in [-0.05, 0) is 6.54 Å². The van der Waals surface area contributed by atoms with Crippen molar-refractivity contribution in [3.63, 3.8) is 0 Å². The van der Waals surface area contributed by atoms with E-state index in [4.69, 9.17) is 30.4 Å². The molecule has 0 spiro atoms. The van der Waals surface area contributed by atoms with E-state index >= 15 is 0 Å². The summed E-state index contributed by atoms with van der Waals surface area (Å²) >= 11 is 0. The predicted octanol–water partition coefficient (Wildman–Crippen LogP) is -2.31. The first-order valence-electron chi connectivity index (χ1n) is 3.10. The molecule has 0 saturated heterocycles. The van der Waals surface area contributed by atoms with E-state index in [1.54, 1.807) is 0 Å². The minimum absolute atomic E-state index is 0. The average molecular weight is 259 g/mol. The van der Waals surface area contributed by atoms with Crippen LogP contribution in [-0.4, -0.2) is 65.9 Å². The van der Waals surface area contributed by atoms with Gasteiger partial charge in [-0.3, -0.25) is 9.13 Å². The van der Waals surface area contributed by atoms with Crippen molar-refractivity contribution in [3.05, 3.63) is 0 Å². The third kappa shape index (κ3) is 3.66. The summed E-state index contributed by atoms with van der Waals surface area (Å²) in [6.45, 7) is -0.452. The van der Waals surface area contributed by atoms with Crippen molar-refractivity contribution >= 4 is 44.7 Å². The Bertz CT molecular complexity index is 248. The Balaban J connectivity index is 0. The second-order valence-corrected chi connectivity index (χ2v) is 6.41. The summed E-state index contributed by atoms with van der Waals surface area (Å²) < 4.78 is 21.2. The van der Waals surface area contributed by atoms with Gasteiger partial charge in [0.2, 0.25) is 0 Å². The van der Waals surface area contributed by atoms with E-state index in [1.165, 1.54) is 0 Å². The average Bonchev–Trinajstić information content (AvgIpc) is 1.82. The van der Waals surface area contributed by atoms with Crippen LogP contribution >= 0.6 is 15.2 Å². The quantitative estimate of drug-likeness (QED) is 0.242. The molecule has 0 aliphatic heterocycles. The molecule has 0 aromatic heterocycles.